The molecule has 0 fully saturated rings. The van der Waals surface area contributed by atoms with Gasteiger partial charge in [-0.25, -0.2) is 4.79 Å². The van der Waals surface area contributed by atoms with Gasteiger partial charge >= 0.3 is 17.9 Å². The van der Waals surface area contributed by atoms with E-state index in [2.05, 4.69) is 50.3 Å². The average molecular weight is 1190 g/mol. The van der Waals surface area contributed by atoms with E-state index in [1.165, 1.54) is 289 Å². The Morgan fingerprint density at radius 3 is 0.952 bits per heavy atom. The van der Waals surface area contributed by atoms with Gasteiger partial charge in [-0.3, -0.25) is 9.59 Å². The zero-order chi connectivity index (χ0) is 61.2. The van der Waals surface area contributed by atoms with Gasteiger partial charge in [0.25, 0.3) is 6.29 Å². The molecule has 0 bridgehead atoms. The Morgan fingerprint density at radius 1 is 0.357 bits per heavy atom. The smallest absolute Gasteiger partial charge is 0.361 e. The molecule has 2 atom stereocenters. The highest BCUT2D eigenvalue weighted by Gasteiger charge is 2.25. The highest BCUT2D eigenvalue weighted by molar-refractivity contribution is 5.71. The van der Waals surface area contributed by atoms with E-state index in [-0.39, 0.29) is 38.2 Å². The monoisotopic (exact) mass is 1190 g/mol. The molecule has 84 heavy (non-hydrogen) atoms. The molecule has 0 saturated heterocycles. The standard InChI is InChI=1S/C75H141NO8/c1-6-8-10-12-14-16-18-20-22-24-26-28-30-32-34-36-37-38-40-42-44-46-48-50-52-54-56-58-60-62-64-66-73(78)84-71(70-83-75(74(79)80)81-68-67-76(3,4)5)69-82-72(77)65-63-61-59-57-55-53-51-49-47-45-43-41-39-35-33-31-29-27-25-23-21-19-17-15-13-11-9-7-2/h18,20,24,26,30,32,71,75H,6-17,19,21-23,25,27-29,31,33-70H2,1-5H3/p+1/b20-18-,26-24-,32-30-. The van der Waals surface area contributed by atoms with Crippen molar-refractivity contribution in [2.75, 3.05) is 47.5 Å². The van der Waals surface area contributed by atoms with Crippen molar-refractivity contribution in [3.63, 3.8) is 0 Å². The number of rotatable bonds is 69. The average Bonchev–Trinajstić information content (AvgIpc) is 3.51. The van der Waals surface area contributed by atoms with E-state index in [0.29, 0.717) is 17.4 Å². The molecule has 0 aromatic carbocycles. The molecule has 1 N–H and O–H groups in total. The van der Waals surface area contributed by atoms with Crippen LogP contribution in [0.2, 0.25) is 0 Å². The molecule has 0 aromatic rings. The van der Waals surface area contributed by atoms with Gasteiger partial charge in [-0.2, -0.15) is 0 Å². The number of hydrogen-bond donors (Lipinski definition) is 1. The van der Waals surface area contributed by atoms with Crippen LogP contribution in [0.5, 0.6) is 0 Å². The van der Waals surface area contributed by atoms with Crippen molar-refractivity contribution >= 4 is 17.9 Å². The summed E-state index contributed by atoms with van der Waals surface area (Å²) >= 11 is 0. The summed E-state index contributed by atoms with van der Waals surface area (Å²) in [5.41, 5.74) is 0. The fourth-order valence-corrected chi connectivity index (χ4v) is 11.0. The molecular weight excluding hydrogens is 1040 g/mol. The molecule has 0 aliphatic rings. The lowest BCUT2D eigenvalue weighted by Crippen LogP contribution is -2.40. The zero-order valence-corrected chi connectivity index (χ0v) is 56.6. The van der Waals surface area contributed by atoms with Crippen LogP contribution in [0.4, 0.5) is 0 Å². The van der Waals surface area contributed by atoms with Crippen LogP contribution >= 0.6 is 0 Å². The van der Waals surface area contributed by atoms with Crippen LogP contribution in [0, 0.1) is 0 Å². The fourth-order valence-electron chi connectivity index (χ4n) is 11.0. The van der Waals surface area contributed by atoms with Crippen molar-refractivity contribution < 1.29 is 42.9 Å². The number of carbonyl (C=O) groups is 3. The predicted octanol–water partition coefficient (Wildman–Crippen LogP) is 22.8. The van der Waals surface area contributed by atoms with E-state index in [9.17, 15) is 19.5 Å². The van der Waals surface area contributed by atoms with Gasteiger partial charge in [-0.05, 0) is 51.4 Å². The molecule has 2 unspecified atom stereocenters. The molecule has 0 heterocycles. The molecule has 0 aromatic heterocycles. The molecular formula is C75H142NO8+. The summed E-state index contributed by atoms with van der Waals surface area (Å²) < 4.78 is 23.0. The second-order valence-electron chi connectivity index (χ2n) is 26.3. The molecule has 0 spiro atoms. The highest BCUT2D eigenvalue weighted by atomic mass is 16.7. The minimum Gasteiger partial charge on any atom is -0.477 e. The van der Waals surface area contributed by atoms with Gasteiger partial charge in [-0.15, -0.1) is 0 Å². The molecule has 9 nitrogen and oxygen atoms in total. The van der Waals surface area contributed by atoms with Gasteiger partial charge in [0.05, 0.1) is 34.4 Å². The molecule has 0 aliphatic heterocycles. The first-order valence-electron chi connectivity index (χ1n) is 36.7. The SMILES string of the molecule is CCCCCCC/C=C\C/C=C\C/C=C\CCCCCCCCCCCCCCCCCCC(=O)OC(COC(=O)CCCCCCCCCCCCCCCCCCCCCCCCCCCCCC)COC(OCC[N+](C)(C)C)C(=O)O. The maximum Gasteiger partial charge on any atom is 0.361 e. The summed E-state index contributed by atoms with van der Waals surface area (Å²) in [6.45, 7) is 4.94. The third-order valence-corrected chi connectivity index (χ3v) is 16.6. The van der Waals surface area contributed by atoms with E-state index in [1.54, 1.807) is 0 Å². The molecule has 0 saturated carbocycles. The first-order valence-corrected chi connectivity index (χ1v) is 36.7. The van der Waals surface area contributed by atoms with Crippen LogP contribution in [0.15, 0.2) is 36.5 Å². The summed E-state index contributed by atoms with van der Waals surface area (Å²) in [7, 11) is 5.99. The van der Waals surface area contributed by atoms with Gasteiger partial charge < -0.3 is 28.5 Å². The Morgan fingerprint density at radius 2 is 0.643 bits per heavy atom. The van der Waals surface area contributed by atoms with Crippen LogP contribution < -0.4 is 0 Å². The van der Waals surface area contributed by atoms with Crippen molar-refractivity contribution in [1.29, 1.82) is 0 Å². The maximum atomic E-state index is 13.0. The normalized spacial score (nSPS) is 12.8. The van der Waals surface area contributed by atoms with Crippen molar-refractivity contribution in [2.45, 2.75) is 379 Å². The topological polar surface area (TPSA) is 108 Å². The Bertz CT molecular complexity index is 1470. The summed E-state index contributed by atoms with van der Waals surface area (Å²) in [4.78, 5) is 37.7. The number of aliphatic carboxylic acids is 1. The van der Waals surface area contributed by atoms with Gasteiger partial charge in [0.15, 0.2) is 6.10 Å². The summed E-state index contributed by atoms with van der Waals surface area (Å²) in [6, 6.07) is 0. The number of likely N-dealkylation sites (N-methyl/N-ethyl adjacent to an activating group) is 1. The van der Waals surface area contributed by atoms with Gasteiger partial charge in [-0.1, -0.05) is 339 Å². The Hall–Kier alpha value is -2.49. The maximum absolute atomic E-state index is 13.0. The molecule has 9 heteroatoms. The van der Waals surface area contributed by atoms with E-state index in [4.69, 9.17) is 18.9 Å². The first kappa shape index (κ1) is 81.5. The molecule has 0 aliphatic carbocycles. The summed E-state index contributed by atoms with van der Waals surface area (Å²) in [6.07, 6.45) is 81.3. The number of carbonyl (C=O) groups excluding carboxylic acids is 2. The number of hydrogen-bond acceptors (Lipinski definition) is 7. The minimum atomic E-state index is -1.51. The lowest BCUT2D eigenvalue weighted by Gasteiger charge is -2.25. The molecule has 494 valence electrons. The van der Waals surface area contributed by atoms with Crippen LogP contribution in [-0.2, 0) is 33.3 Å². The lowest BCUT2D eigenvalue weighted by atomic mass is 10.0. The number of carboxylic acids is 1. The number of unbranched alkanes of at least 4 members (excludes halogenated alkanes) is 48. The van der Waals surface area contributed by atoms with Crippen molar-refractivity contribution in [2.24, 2.45) is 0 Å². The van der Waals surface area contributed by atoms with Gasteiger partial charge in [0.1, 0.15) is 13.2 Å². The van der Waals surface area contributed by atoms with Crippen molar-refractivity contribution in [3.05, 3.63) is 36.5 Å². The Balaban J connectivity index is 4.05. The number of carboxylic acid groups (broad SMARTS) is 1. The first-order chi connectivity index (χ1) is 41.1. The number of ether oxygens (including phenoxy) is 4. The third-order valence-electron chi connectivity index (χ3n) is 16.6. The van der Waals surface area contributed by atoms with Crippen LogP contribution in [0.25, 0.3) is 0 Å². The second-order valence-corrected chi connectivity index (χ2v) is 26.3. The number of nitrogens with zero attached hydrogens (tertiary/aromatic N) is 1. The van der Waals surface area contributed by atoms with E-state index >= 15 is 0 Å². The molecule has 0 rings (SSSR count). The molecule has 0 amide bonds. The quantitative estimate of drug-likeness (QED) is 0.0211. The summed E-state index contributed by atoms with van der Waals surface area (Å²) in [5.74, 6) is -1.98. The third kappa shape index (κ3) is 67.0. The number of quaternary nitrogens is 1. The van der Waals surface area contributed by atoms with Gasteiger partial charge in [0, 0.05) is 12.8 Å². The van der Waals surface area contributed by atoms with Crippen LogP contribution in [-0.4, -0.2) is 87.4 Å². The van der Waals surface area contributed by atoms with Gasteiger partial charge in [0.2, 0.25) is 0 Å². The molecule has 0 radical (unpaired) electrons. The van der Waals surface area contributed by atoms with E-state index in [0.717, 1.165) is 51.4 Å². The van der Waals surface area contributed by atoms with E-state index in [1.807, 2.05) is 21.1 Å². The van der Waals surface area contributed by atoms with E-state index < -0.39 is 18.4 Å². The van der Waals surface area contributed by atoms with Crippen LogP contribution in [0.1, 0.15) is 367 Å². The highest BCUT2D eigenvalue weighted by Crippen LogP contribution is 2.19. The summed E-state index contributed by atoms with van der Waals surface area (Å²) in [5, 5.41) is 9.75. The van der Waals surface area contributed by atoms with Crippen molar-refractivity contribution in [1.82, 2.24) is 0 Å². The largest absolute Gasteiger partial charge is 0.477 e. The Kier molecular flexibility index (Phi) is 64.5. The fraction of sp³-hybridized carbons (Fsp3) is 0.880. The zero-order valence-electron chi connectivity index (χ0n) is 56.6. The Labute approximate surface area is 521 Å². The second kappa shape index (κ2) is 66.5. The van der Waals surface area contributed by atoms with Crippen molar-refractivity contribution in [3.8, 4) is 0 Å². The number of allylic oxidation sites excluding steroid dienone is 6. The lowest BCUT2D eigenvalue weighted by molar-refractivity contribution is -0.870. The predicted molar refractivity (Wildman–Crippen MR) is 360 cm³/mol. The number of esters is 2. The van der Waals surface area contributed by atoms with Crippen LogP contribution in [0.3, 0.4) is 0 Å². The minimum absolute atomic E-state index is 0.176.